The first kappa shape index (κ1) is 10.9. The summed E-state index contributed by atoms with van der Waals surface area (Å²) in [6.45, 7) is 6.52. The van der Waals surface area contributed by atoms with Crippen LogP contribution in [-0.2, 0) is 0 Å². The smallest absolute Gasteiger partial charge is 0.128 e. The van der Waals surface area contributed by atoms with Gasteiger partial charge >= 0.3 is 0 Å². The van der Waals surface area contributed by atoms with Crippen LogP contribution in [0.2, 0.25) is 0 Å². The van der Waals surface area contributed by atoms with Gasteiger partial charge in [-0.1, -0.05) is 0 Å². The van der Waals surface area contributed by atoms with Crippen LogP contribution in [0.1, 0.15) is 25.3 Å². The quantitative estimate of drug-likeness (QED) is 0.833. The molecule has 1 heterocycles. The van der Waals surface area contributed by atoms with Crippen molar-refractivity contribution in [3.8, 4) is 0 Å². The molecule has 1 aromatic heterocycles. The molecule has 1 saturated carbocycles. The van der Waals surface area contributed by atoms with Crippen LogP contribution in [0.25, 0.3) is 0 Å². The summed E-state index contributed by atoms with van der Waals surface area (Å²) in [5, 5.41) is 0. The number of hydrogen-bond acceptors (Lipinski definition) is 2. The number of rotatable bonds is 4. The highest BCUT2D eigenvalue weighted by atomic mass is 79.9. The summed E-state index contributed by atoms with van der Waals surface area (Å²) in [6.07, 6.45) is 4.69. The first-order valence-electron chi connectivity index (χ1n) is 5.57. The molecule has 15 heavy (non-hydrogen) atoms. The van der Waals surface area contributed by atoms with Crippen LogP contribution < -0.4 is 4.90 Å². The second kappa shape index (κ2) is 4.52. The van der Waals surface area contributed by atoms with E-state index < -0.39 is 0 Å². The van der Waals surface area contributed by atoms with E-state index in [2.05, 4.69) is 45.7 Å². The highest BCUT2D eigenvalue weighted by Gasteiger charge is 2.24. The zero-order valence-electron chi connectivity index (χ0n) is 9.33. The van der Waals surface area contributed by atoms with Crippen molar-refractivity contribution in [2.24, 2.45) is 5.92 Å². The highest BCUT2D eigenvalue weighted by Crippen LogP contribution is 2.31. The van der Waals surface area contributed by atoms with E-state index in [0.717, 1.165) is 22.8 Å². The molecule has 0 spiro atoms. The lowest BCUT2D eigenvalue weighted by molar-refractivity contribution is 0.731. The Balaban J connectivity index is 2.13. The summed E-state index contributed by atoms with van der Waals surface area (Å²) in [5.74, 6) is 2.03. The zero-order valence-corrected chi connectivity index (χ0v) is 10.9. The minimum absolute atomic E-state index is 0.913. The summed E-state index contributed by atoms with van der Waals surface area (Å²) in [5.41, 5.74) is 1.26. The third-order valence-corrected chi connectivity index (χ3v) is 3.74. The molecule has 2 rings (SSSR count). The fourth-order valence-corrected chi connectivity index (χ4v) is 1.91. The van der Waals surface area contributed by atoms with Crippen molar-refractivity contribution < 1.29 is 0 Å². The predicted octanol–water partition coefficient (Wildman–Crippen LogP) is 3.39. The molecule has 0 saturated heterocycles. The molecule has 1 aliphatic rings. The predicted molar refractivity (Wildman–Crippen MR) is 67.3 cm³/mol. The Bertz CT molecular complexity index is 347. The zero-order chi connectivity index (χ0) is 10.8. The first-order valence-corrected chi connectivity index (χ1v) is 6.37. The molecule has 2 nitrogen and oxygen atoms in total. The maximum Gasteiger partial charge on any atom is 0.128 e. The molecular formula is C12H17BrN2. The Morgan fingerprint density at radius 2 is 2.27 bits per heavy atom. The van der Waals surface area contributed by atoms with Gasteiger partial charge in [0, 0.05) is 23.8 Å². The third-order valence-electron chi connectivity index (χ3n) is 2.91. The molecule has 0 unspecified atom stereocenters. The van der Waals surface area contributed by atoms with Crippen molar-refractivity contribution in [3.63, 3.8) is 0 Å². The molecule has 3 heteroatoms. The van der Waals surface area contributed by atoms with Gasteiger partial charge in [0.15, 0.2) is 0 Å². The van der Waals surface area contributed by atoms with Crippen molar-refractivity contribution >= 4 is 21.7 Å². The highest BCUT2D eigenvalue weighted by molar-refractivity contribution is 9.10. The Labute approximate surface area is 99.8 Å². The van der Waals surface area contributed by atoms with Crippen molar-refractivity contribution in [1.29, 1.82) is 0 Å². The molecule has 0 radical (unpaired) electrons. The normalized spacial score (nSPS) is 15.4. The Kier molecular flexibility index (Phi) is 3.29. The average Bonchev–Trinajstić information content (AvgIpc) is 3.02. The summed E-state index contributed by atoms with van der Waals surface area (Å²) in [4.78, 5) is 6.84. The number of anilines is 1. The number of pyridine rings is 1. The van der Waals surface area contributed by atoms with Crippen molar-refractivity contribution in [2.45, 2.75) is 26.7 Å². The van der Waals surface area contributed by atoms with Crippen molar-refractivity contribution in [2.75, 3.05) is 18.0 Å². The lowest BCUT2D eigenvalue weighted by Gasteiger charge is -2.22. The van der Waals surface area contributed by atoms with E-state index in [4.69, 9.17) is 0 Å². The number of aromatic nitrogens is 1. The van der Waals surface area contributed by atoms with Gasteiger partial charge in [-0.2, -0.15) is 0 Å². The molecule has 0 atom stereocenters. The molecule has 0 bridgehead atoms. The summed E-state index contributed by atoms with van der Waals surface area (Å²) >= 11 is 3.48. The minimum atomic E-state index is 0.913. The standard InChI is InChI=1S/C12H17BrN2/c1-3-15(8-10-4-5-10)12-6-9(2)11(13)7-14-12/h6-7,10H,3-5,8H2,1-2H3. The van der Waals surface area contributed by atoms with Crippen LogP contribution in [0.3, 0.4) is 0 Å². The van der Waals surface area contributed by atoms with E-state index >= 15 is 0 Å². The average molecular weight is 269 g/mol. The second-order valence-corrected chi connectivity index (χ2v) is 5.13. The van der Waals surface area contributed by atoms with E-state index in [9.17, 15) is 0 Å². The minimum Gasteiger partial charge on any atom is -0.357 e. The van der Waals surface area contributed by atoms with E-state index in [1.54, 1.807) is 0 Å². The van der Waals surface area contributed by atoms with E-state index in [0.29, 0.717) is 0 Å². The van der Waals surface area contributed by atoms with Crippen LogP contribution in [-0.4, -0.2) is 18.1 Å². The summed E-state index contributed by atoms with van der Waals surface area (Å²) in [7, 11) is 0. The molecule has 82 valence electrons. The molecule has 0 aromatic carbocycles. The van der Waals surface area contributed by atoms with Crippen LogP contribution >= 0.6 is 15.9 Å². The Hall–Kier alpha value is -0.570. The van der Waals surface area contributed by atoms with E-state index in [1.165, 1.54) is 24.9 Å². The maximum absolute atomic E-state index is 4.47. The molecule has 1 fully saturated rings. The first-order chi connectivity index (χ1) is 7.20. The Morgan fingerprint density at radius 3 is 2.80 bits per heavy atom. The Morgan fingerprint density at radius 1 is 1.53 bits per heavy atom. The summed E-state index contributed by atoms with van der Waals surface area (Å²) in [6, 6.07) is 2.16. The van der Waals surface area contributed by atoms with Crippen LogP contribution in [0.15, 0.2) is 16.7 Å². The molecule has 1 aliphatic carbocycles. The molecule has 0 aliphatic heterocycles. The van der Waals surface area contributed by atoms with Gasteiger partial charge in [-0.05, 0) is 60.2 Å². The SMILES string of the molecule is CCN(CC1CC1)c1cc(C)c(Br)cn1. The number of halogens is 1. The van der Waals surface area contributed by atoms with Crippen LogP contribution in [0.4, 0.5) is 5.82 Å². The second-order valence-electron chi connectivity index (χ2n) is 4.27. The molecule has 1 aromatic rings. The van der Waals surface area contributed by atoms with Gasteiger partial charge in [-0.15, -0.1) is 0 Å². The molecular weight excluding hydrogens is 252 g/mol. The lowest BCUT2D eigenvalue weighted by Crippen LogP contribution is -2.26. The van der Waals surface area contributed by atoms with Gasteiger partial charge in [0.1, 0.15) is 5.82 Å². The number of nitrogens with zero attached hydrogens (tertiary/aromatic N) is 2. The molecule has 0 amide bonds. The van der Waals surface area contributed by atoms with Crippen LogP contribution in [0, 0.1) is 12.8 Å². The fraction of sp³-hybridized carbons (Fsp3) is 0.583. The summed E-state index contributed by atoms with van der Waals surface area (Å²) < 4.78 is 1.09. The van der Waals surface area contributed by atoms with Gasteiger partial charge < -0.3 is 4.90 Å². The van der Waals surface area contributed by atoms with Gasteiger partial charge in [-0.3, -0.25) is 0 Å². The van der Waals surface area contributed by atoms with E-state index in [1.807, 2.05) is 6.20 Å². The monoisotopic (exact) mass is 268 g/mol. The van der Waals surface area contributed by atoms with Crippen molar-refractivity contribution in [3.05, 3.63) is 22.3 Å². The number of aryl methyl sites for hydroxylation is 1. The fourth-order valence-electron chi connectivity index (χ4n) is 1.69. The topological polar surface area (TPSA) is 16.1 Å². The molecule has 0 N–H and O–H groups in total. The van der Waals surface area contributed by atoms with Gasteiger partial charge in [0.2, 0.25) is 0 Å². The number of hydrogen-bond donors (Lipinski definition) is 0. The van der Waals surface area contributed by atoms with Crippen LogP contribution in [0.5, 0.6) is 0 Å². The van der Waals surface area contributed by atoms with Gasteiger partial charge in [0.05, 0.1) is 0 Å². The van der Waals surface area contributed by atoms with Crippen molar-refractivity contribution in [1.82, 2.24) is 4.98 Å². The third kappa shape index (κ3) is 2.71. The lowest BCUT2D eigenvalue weighted by atomic mass is 10.2. The van der Waals surface area contributed by atoms with Gasteiger partial charge in [-0.25, -0.2) is 4.98 Å². The maximum atomic E-state index is 4.47. The van der Waals surface area contributed by atoms with E-state index in [-0.39, 0.29) is 0 Å². The largest absolute Gasteiger partial charge is 0.357 e. The van der Waals surface area contributed by atoms with Gasteiger partial charge in [0.25, 0.3) is 0 Å².